The summed E-state index contributed by atoms with van der Waals surface area (Å²) in [5.41, 5.74) is 9.34. The maximum absolute atomic E-state index is 2.68. The lowest BCUT2D eigenvalue weighted by atomic mass is 9.13. The van der Waals surface area contributed by atoms with Gasteiger partial charge in [-0.2, -0.15) is 21.9 Å². The fourth-order valence-electron chi connectivity index (χ4n) is 9.41. The van der Waals surface area contributed by atoms with Crippen LogP contribution in [0, 0.1) is 16.7 Å². The van der Waals surface area contributed by atoms with Crippen molar-refractivity contribution in [3.8, 4) is 0 Å². The highest BCUT2D eigenvalue weighted by Gasteiger charge is 2.65. The third-order valence-corrected chi connectivity index (χ3v) is 12.3. The zero-order chi connectivity index (χ0) is 30.9. The molecule has 1 nitrogen and oxygen atoms in total. The van der Waals surface area contributed by atoms with Crippen molar-refractivity contribution in [3.63, 3.8) is 0 Å². The van der Waals surface area contributed by atoms with Crippen molar-refractivity contribution in [1.29, 1.82) is 0 Å². The van der Waals surface area contributed by atoms with Crippen molar-refractivity contribution in [2.75, 3.05) is 6.54 Å². The second-order valence-corrected chi connectivity index (χ2v) is 14.5. The Bertz CT molecular complexity index is 1600. The quantitative estimate of drug-likeness (QED) is 0.155. The van der Waals surface area contributed by atoms with Crippen molar-refractivity contribution < 1.29 is 4.58 Å². The predicted octanol–water partition coefficient (Wildman–Crippen LogP) is 6.95. The summed E-state index contributed by atoms with van der Waals surface area (Å²) >= 11 is 0. The SMILES string of the molecule is CC1(C)[C@@H]2CC[C@@]1(C)[C@@H]([N+]1=Cc3ccccc3CC1)C2.c1ccc([B-](c2ccccc2)(c2ccccc2)c2ccccc2)cc1. The first-order valence-corrected chi connectivity index (χ1v) is 17.0. The summed E-state index contributed by atoms with van der Waals surface area (Å²) in [6, 6.07) is 53.2. The fourth-order valence-corrected chi connectivity index (χ4v) is 9.41. The smallest absolute Gasteiger partial charge is 0.171 e. The summed E-state index contributed by atoms with van der Waals surface area (Å²) < 4.78 is 2.68. The molecule has 45 heavy (non-hydrogen) atoms. The van der Waals surface area contributed by atoms with Crippen LogP contribution >= 0.6 is 0 Å². The number of nitrogens with zero attached hydrogens (tertiary/aromatic N) is 1. The van der Waals surface area contributed by atoms with E-state index < -0.39 is 6.15 Å². The van der Waals surface area contributed by atoms with Crippen LogP contribution in [-0.2, 0) is 6.42 Å². The van der Waals surface area contributed by atoms with E-state index >= 15 is 0 Å². The Hall–Kier alpha value is -4.17. The third-order valence-electron chi connectivity index (χ3n) is 12.3. The van der Waals surface area contributed by atoms with Crippen LogP contribution in [0.1, 0.15) is 51.2 Å². The molecule has 3 aliphatic rings. The number of benzene rings is 5. The monoisotopic (exact) mass is 587 g/mol. The summed E-state index contributed by atoms with van der Waals surface area (Å²) in [4.78, 5) is 0. The molecule has 2 bridgehead atoms. The Morgan fingerprint density at radius 1 is 0.578 bits per heavy atom. The lowest BCUT2D eigenvalue weighted by Gasteiger charge is -2.44. The van der Waals surface area contributed by atoms with Crippen molar-refractivity contribution >= 4 is 34.2 Å². The van der Waals surface area contributed by atoms with E-state index in [4.69, 9.17) is 0 Å². The maximum atomic E-state index is 2.68. The first-order chi connectivity index (χ1) is 21.9. The van der Waals surface area contributed by atoms with E-state index in [1.165, 1.54) is 65.2 Å². The lowest BCUT2D eigenvalue weighted by Crippen LogP contribution is -2.74. The van der Waals surface area contributed by atoms with Crippen LogP contribution < -0.4 is 21.9 Å². The molecule has 1 aliphatic heterocycles. The summed E-state index contributed by atoms with van der Waals surface area (Å²) in [6.07, 6.45) is 6.72. The first-order valence-electron chi connectivity index (χ1n) is 17.0. The van der Waals surface area contributed by atoms with Gasteiger partial charge in [-0.25, -0.2) is 4.58 Å². The minimum absolute atomic E-state index is 0.500. The Labute approximate surface area is 270 Å². The van der Waals surface area contributed by atoms with E-state index in [0.29, 0.717) is 10.8 Å². The van der Waals surface area contributed by atoms with Crippen LogP contribution in [0.5, 0.6) is 0 Å². The molecule has 0 N–H and O–H groups in total. The minimum atomic E-state index is -1.22. The van der Waals surface area contributed by atoms with Crippen LogP contribution in [0.3, 0.4) is 0 Å². The summed E-state index contributed by atoms with van der Waals surface area (Å²) in [6.45, 7) is 8.80. The zero-order valence-electron chi connectivity index (χ0n) is 27.1. The lowest BCUT2D eigenvalue weighted by molar-refractivity contribution is -0.579. The second kappa shape index (κ2) is 12.0. The van der Waals surface area contributed by atoms with Gasteiger partial charge in [0.15, 0.2) is 12.3 Å². The van der Waals surface area contributed by atoms with Crippen molar-refractivity contribution in [2.45, 2.75) is 52.5 Å². The number of hydrogen-bond acceptors (Lipinski definition) is 0. The molecular weight excluding hydrogens is 541 g/mol. The van der Waals surface area contributed by atoms with Crippen molar-refractivity contribution in [3.05, 3.63) is 157 Å². The predicted molar refractivity (Wildman–Crippen MR) is 194 cm³/mol. The zero-order valence-corrected chi connectivity index (χ0v) is 27.1. The number of rotatable bonds is 5. The molecule has 0 unspecified atom stereocenters. The van der Waals surface area contributed by atoms with E-state index in [1.807, 2.05) is 0 Å². The van der Waals surface area contributed by atoms with Gasteiger partial charge >= 0.3 is 0 Å². The average molecular weight is 588 g/mol. The molecule has 0 spiro atoms. The Morgan fingerprint density at radius 3 is 1.44 bits per heavy atom. The molecule has 5 aromatic carbocycles. The molecule has 1 heterocycles. The first kappa shape index (κ1) is 29.5. The Morgan fingerprint density at radius 2 is 1.02 bits per heavy atom. The molecule has 2 saturated carbocycles. The second-order valence-electron chi connectivity index (χ2n) is 14.5. The summed E-state index contributed by atoms with van der Waals surface area (Å²) in [5, 5.41) is 0. The van der Waals surface area contributed by atoms with E-state index in [-0.39, 0.29) is 0 Å². The van der Waals surface area contributed by atoms with E-state index in [2.05, 4.69) is 177 Å². The standard InChI is InChI=1S/C24H20B.C19H26N/c1-5-13-21(14-6-1)25(22-15-7-2-8-16-22,23-17-9-3-10-18-23)24-19-11-4-12-20-24;1-18(2)16-8-10-19(18,3)17(12-16)20-11-9-14-6-4-5-7-15(14)13-20/h1-20H;4-7,13,16-17H,8-12H2,1-3H3/q-1;+1/t;16-,17+,19+/m.1/s1. The molecule has 2 fully saturated rings. The van der Waals surface area contributed by atoms with Crippen LogP contribution in [0.15, 0.2) is 146 Å². The van der Waals surface area contributed by atoms with Gasteiger partial charge in [0.25, 0.3) is 0 Å². The molecule has 0 saturated heterocycles. The Balaban J connectivity index is 0.000000148. The highest BCUT2D eigenvalue weighted by atomic mass is 15.1. The van der Waals surface area contributed by atoms with Crippen LogP contribution in [0.4, 0.5) is 0 Å². The van der Waals surface area contributed by atoms with Crippen LogP contribution in [0.25, 0.3) is 0 Å². The molecule has 226 valence electrons. The third kappa shape index (κ3) is 5.00. The molecule has 0 aromatic heterocycles. The molecular formula is C43H46BN. The minimum Gasteiger partial charge on any atom is -0.232 e. The number of fused-ring (bicyclic) bond motifs is 3. The van der Waals surface area contributed by atoms with Gasteiger partial charge in [-0.05, 0) is 35.8 Å². The van der Waals surface area contributed by atoms with E-state index in [1.54, 1.807) is 0 Å². The summed E-state index contributed by atoms with van der Waals surface area (Å²) in [7, 11) is 0. The van der Waals surface area contributed by atoms with Gasteiger partial charge < -0.3 is 0 Å². The molecule has 2 heteroatoms. The molecule has 3 atom stereocenters. The van der Waals surface area contributed by atoms with Gasteiger partial charge in [0.2, 0.25) is 0 Å². The van der Waals surface area contributed by atoms with Gasteiger partial charge in [-0.15, -0.1) is 0 Å². The van der Waals surface area contributed by atoms with Gasteiger partial charge in [-0.1, -0.05) is 160 Å². The summed E-state index contributed by atoms with van der Waals surface area (Å²) in [5.74, 6) is 0.933. The van der Waals surface area contributed by atoms with Crippen LogP contribution in [-0.4, -0.2) is 29.5 Å². The van der Waals surface area contributed by atoms with Gasteiger partial charge in [0.1, 0.15) is 12.7 Å². The molecule has 0 amide bonds. The van der Waals surface area contributed by atoms with E-state index in [9.17, 15) is 0 Å². The van der Waals surface area contributed by atoms with Crippen molar-refractivity contribution in [2.24, 2.45) is 16.7 Å². The highest BCUT2D eigenvalue weighted by molar-refractivity contribution is 7.19. The van der Waals surface area contributed by atoms with Gasteiger partial charge in [-0.3, -0.25) is 0 Å². The van der Waals surface area contributed by atoms with Crippen molar-refractivity contribution in [1.82, 2.24) is 0 Å². The van der Waals surface area contributed by atoms with Gasteiger partial charge in [0.05, 0.1) is 0 Å². The number of hydrogen-bond donors (Lipinski definition) is 0. The normalized spacial score (nSPS) is 23.0. The maximum Gasteiger partial charge on any atom is 0.171 e. The largest absolute Gasteiger partial charge is 0.232 e. The average Bonchev–Trinajstić information content (AvgIpc) is 3.45. The molecule has 5 aromatic rings. The fraction of sp³-hybridized carbons (Fsp3) is 0.279. The Kier molecular flexibility index (Phi) is 7.86. The molecule has 8 rings (SSSR count). The topological polar surface area (TPSA) is 3.01 Å². The van der Waals surface area contributed by atoms with E-state index in [0.717, 1.165) is 12.0 Å². The van der Waals surface area contributed by atoms with Crippen LogP contribution in [0.2, 0.25) is 0 Å². The molecule has 2 aliphatic carbocycles. The highest BCUT2D eigenvalue weighted by Crippen LogP contribution is 2.66. The van der Waals surface area contributed by atoms with Gasteiger partial charge in [0, 0.05) is 23.8 Å². The molecule has 0 radical (unpaired) electrons.